The second-order valence-corrected chi connectivity index (χ2v) is 5.15. The second kappa shape index (κ2) is 7.66. The van der Waals surface area contributed by atoms with Crippen LogP contribution in [-0.2, 0) is 9.59 Å². The van der Waals surface area contributed by atoms with Gasteiger partial charge < -0.3 is 16.2 Å². The van der Waals surface area contributed by atoms with Crippen LogP contribution in [0.1, 0.15) is 17.3 Å². The minimum absolute atomic E-state index is 0.0540. The van der Waals surface area contributed by atoms with Crippen molar-refractivity contribution < 1.29 is 19.5 Å². The molecule has 2 atom stereocenters. The van der Waals surface area contributed by atoms with Gasteiger partial charge in [0.2, 0.25) is 11.0 Å². The van der Waals surface area contributed by atoms with Crippen LogP contribution in [0.3, 0.4) is 0 Å². The summed E-state index contributed by atoms with van der Waals surface area (Å²) in [6, 6.07) is 6.57. The molecule has 0 aromatic heterocycles. The number of rotatable bonds is 6. The first kappa shape index (κ1) is 16.2. The van der Waals surface area contributed by atoms with E-state index in [0.29, 0.717) is 5.56 Å². The van der Waals surface area contributed by atoms with Gasteiger partial charge >= 0.3 is 5.97 Å². The zero-order valence-corrected chi connectivity index (χ0v) is 11.7. The molecule has 0 aliphatic heterocycles. The lowest BCUT2D eigenvalue weighted by Crippen LogP contribution is -2.48. The minimum Gasteiger partial charge on any atom is -0.480 e. The minimum atomic E-state index is -1.20. The van der Waals surface area contributed by atoms with Crippen molar-refractivity contribution in [1.29, 1.82) is 0 Å². The zero-order chi connectivity index (χ0) is 15.1. The molecule has 7 heteroatoms. The Balaban J connectivity index is 2.57. The largest absolute Gasteiger partial charge is 0.480 e. The maximum absolute atomic E-state index is 11.8. The third-order valence-electron chi connectivity index (χ3n) is 2.42. The molecule has 108 valence electrons. The Morgan fingerprint density at radius 2 is 1.90 bits per heavy atom. The molecule has 0 aliphatic rings. The predicted octanol–water partition coefficient (Wildman–Crippen LogP) is 0.477. The number of nitrogens with one attached hydrogen (secondary N) is 1. The summed E-state index contributed by atoms with van der Waals surface area (Å²) < 4.78 is 0. The molecule has 0 fully saturated rings. The SMILES string of the molecule is C[C@H](N)C(=O)NC(CSC(=O)c1ccccc1)C(=O)O. The number of amides is 1. The van der Waals surface area contributed by atoms with Crippen molar-refractivity contribution in [2.75, 3.05) is 5.75 Å². The van der Waals surface area contributed by atoms with Crippen molar-refractivity contribution in [1.82, 2.24) is 5.32 Å². The van der Waals surface area contributed by atoms with Gasteiger partial charge in [-0.25, -0.2) is 4.79 Å². The van der Waals surface area contributed by atoms with Gasteiger partial charge in [-0.1, -0.05) is 42.1 Å². The fourth-order valence-corrected chi connectivity index (χ4v) is 2.14. The van der Waals surface area contributed by atoms with Crippen LogP contribution in [0.5, 0.6) is 0 Å². The number of carbonyl (C=O) groups is 3. The Labute approximate surface area is 120 Å². The molecular weight excluding hydrogens is 280 g/mol. The van der Waals surface area contributed by atoms with Gasteiger partial charge in [0, 0.05) is 11.3 Å². The summed E-state index contributed by atoms with van der Waals surface area (Å²) in [5.41, 5.74) is 5.84. The predicted molar refractivity (Wildman–Crippen MR) is 76.4 cm³/mol. The molecule has 1 aromatic rings. The fraction of sp³-hybridized carbons (Fsp3) is 0.308. The van der Waals surface area contributed by atoms with Gasteiger partial charge in [-0.15, -0.1) is 0 Å². The lowest BCUT2D eigenvalue weighted by molar-refractivity contribution is -0.141. The number of hydrogen-bond donors (Lipinski definition) is 3. The molecule has 0 bridgehead atoms. The van der Waals surface area contributed by atoms with E-state index in [1.165, 1.54) is 6.92 Å². The highest BCUT2D eigenvalue weighted by atomic mass is 32.2. The normalized spacial score (nSPS) is 13.3. The standard InChI is InChI=1S/C13H16N2O4S/c1-8(14)11(16)15-10(12(17)18)7-20-13(19)9-5-3-2-4-6-9/h2-6,8,10H,7,14H2,1H3,(H,15,16)(H,17,18)/t8-,10?/m0/s1. The average molecular weight is 296 g/mol. The van der Waals surface area contributed by atoms with Crippen molar-refractivity contribution in [3.63, 3.8) is 0 Å². The average Bonchev–Trinajstić information content (AvgIpc) is 2.43. The molecule has 4 N–H and O–H groups in total. The molecule has 0 spiro atoms. The Morgan fingerprint density at radius 3 is 2.40 bits per heavy atom. The Hall–Kier alpha value is -1.86. The summed E-state index contributed by atoms with van der Waals surface area (Å²) >= 11 is 0.844. The summed E-state index contributed by atoms with van der Waals surface area (Å²) in [6.45, 7) is 1.45. The second-order valence-electron chi connectivity index (χ2n) is 4.15. The highest BCUT2D eigenvalue weighted by Crippen LogP contribution is 2.13. The number of nitrogens with two attached hydrogens (primary N) is 1. The Bertz CT molecular complexity index is 490. The van der Waals surface area contributed by atoms with Crippen LogP contribution >= 0.6 is 11.8 Å². The third-order valence-corrected chi connectivity index (χ3v) is 3.42. The van der Waals surface area contributed by atoms with Crippen LogP contribution < -0.4 is 11.1 Å². The van der Waals surface area contributed by atoms with Gasteiger partial charge in [0.25, 0.3) is 0 Å². The van der Waals surface area contributed by atoms with Crippen molar-refractivity contribution in [2.24, 2.45) is 5.73 Å². The highest BCUT2D eigenvalue weighted by molar-refractivity contribution is 8.14. The maximum Gasteiger partial charge on any atom is 0.327 e. The Morgan fingerprint density at radius 1 is 1.30 bits per heavy atom. The summed E-state index contributed by atoms with van der Waals surface area (Å²) in [7, 11) is 0. The molecule has 1 rings (SSSR count). The monoisotopic (exact) mass is 296 g/mol. The molecule has 0 saturated heterocycles. The van der Waals surface area contributed by atoms with E-state index >= 15 is 0 Å². The molecule has 20 heavy (non-hydrogen) atoms. The van der Waals surface area contributed by atoms with Crippen molar-refractivity contribution >= 4 is 28.8 Å². The first-order valence-corrected chi connectivity index (χ1v) is 6.91. The van der Waals surface area contributed by atoms with Gasteiger partial charge in [0.1, 0.15) is 6.04 Å². The summed E-state index contributed by atoms with van der Waals surface area (Å²) in [6.07, 6.45) is 0. The molecule has 1 amide bonds. The third kappa shape index (κ3) is 5.02. The topological polar surface area (TPSA) is 109 Å². The van der Waals surface area contributed by atoms with E-state index in [0.717, 1.165) is 11.8 Å². The van der Waals surface area contributed by atoms with Crippen LogP contribution in [0.2, 0.25) is 0 Å². The molecule has 0 aliphatic carbocycles. The number of benzene rings is 1. The van der Waals surface area contributed by atoms with Crippen molar-refractivity contribution in [3.05, 3.63) is 35.9 Å². The van der Waals surface area contributed by atoms with Crippen molar-refractivity contribution in [3.8, 4) is 0 Å². The van der Waals surface area contributed by atoms with Gasteiger partial charge in [-0.3, -0.25) is 9.59 Å². The van der Waals surface area contributed by atoms with Crippen LogP contribution in [0.4, 0.5) is 0 Å². The van der Waals surface area contributed by atoms with Crippen molar-refractivity contribution in [2.45, 2.75) is 19.0 Å². The first-order valence-electron chi connectivity index (χ1n) is 5.92. The van der Waals surface area contributed by atoms with E-state index in [2.05, 4.69) is 5.32 Å². The molecule has 1 unspecified atom stereocenters. The quantitative estimate of drug-likeness (QED) is 0.704. The van der Waals surface area contributed by atoms with E-state index in [1.54, 1.807) is 30.3 Å². The fourth-order valence-electron chi connectivity index (χ4n) is 1.29. The van der Waals surface area contributed by atoms with E-state index < -0.39 is 24.0 Å². The molecule has 0 radical (unpaired) electrons. The smallest absolute Gasteiger partial charge is 0.327 e. The van der Waals surface area contributed by atoms with Gasteiger partial charge in [0.15, 0.2) is 0 Å². The highest BCUT2D eigenvalue weighted by Gasteiger charge is 2.23. The van der Waals surface area contributed by atoms with E-state index in [1.807, 2.05) is 0 Å². The summed E-state index contributed by atoms with van der Waals surface area (Å²) in [4.78, 5) is 34.2. The van der Waals surface area contributed by atoms with E-state index in [4.69, 9.17) is 10.8 Å². The van der Waals surface area contributed by atoms with Gasteiger partial charge in [-0.2, -0.15) is 0 Å². The van der Waals surface area contributed by atoms with Crippen LogP contribution in [0.25, 0.3) is 0 Å². The molecule has 6 nitrogen and oxygen atoms in total. The molecule has 1 aromatic carbocycles. The number of carboxylic acids is 1. The molecular formula is C13H16N2O4S. The van der Waals surface area contributed by atoms with Gasteiger partial charge in [0.05, 0.1) is 6.04 Å². The lowest BCUT2D eigenvalue weighted by Gasteiger charge is -2.15. The van der Waals surface area contributed by atoms with Crippen LogP contribution in [0, 0.1) is 0 Å². The van der Waals surface area contributed by atoms with E-state index in [-0.39, 0.29) is 10.9 Å². The number of thioether (sulfide) groups is 1. The number of aliphatic carboxylic acids is 1. The maximum atomic E-state index is 11.8. The summed E-state index contributed by atoms with van der Waals surface area (Å²) in [5.74, 6) is -1.82. The summed E-state index contributed by atoms with van der Waals surface area (Å²) in [5, 5.41) is 11.0. The zero-order valence-electron chi connectivity index (χ0n) is 10.9. The lowest BCUT2D eigenvalue weighted by atomic mass is 10.2. The number of hydrogen-bond acceptors (Lipinski definition) is 5. The molecule has 0 heterocycles. The van der Waals surface area contributed by atoms with Gasteiger partial charge in [-0.05, 0) is 6.92 Å². The first-order chi connectivity index (χ1) is 9.41. The molecule has 0 saturated carbocycles. The number of carbonyl (C=O) groups excluding carboxylic acids is 2. The van der Waals surface area contributed by atoms with Crippen LogP contribution in [-0.4, -0.2) is 39.9 Å². The van der Waals surface area contributed by atoms with E-state index in [9.17, 15) is 14.4 Å². The number of carboxylic acid groups (broad SMARTS) is 1. The van der Waals surface area contributed by atoms with Crippen LogP contribution in [0.15, 0.2) is 30.3 Å². The Kier molecular flexibility index (Phi) is 6.20.